The Morgan fingerprint density at radius 3 is 2.72 bits per heavy atom. The summed E-state index contributed by atoms with van der Waals surface area (Å²) in [6.45, 7) is 6.81. The lowest BCUT2D eigenvalue weighted by Crippen LogP contribution is -2.66. The van der Waals surface area contributed by atoms with Crippen LogP contribution < -0.4 is 0 Å². The molecular formula is C16H26O2. The average Bonchev–Trinajstić information content (AvgIpc) is 2.76. The molecule has 2 N–H and O–H groups in total. The minimum absolute atomic E-state index is 0.0378. The fourth-order valence-electron chi connectivity index (χ4n) is 5.90. The van der Waals surface area contributed by atoms with Crippen molar-refractivity contribution in [2.24, 2.45) is 16.2 Å². The lowest BCUT2D eigenvalue weighted by atomic mass is 9.34. The second kappa shape index (κ2) is 3.83. The van der Waals surface area contributed by atoms with Crippen molar-refractivity contribution >= 4 is 0 Å². The van der Waals surface area contributed by atoms with Gasteiger partial charge in [0.15, 0.2) is 0 Å². The molecule has 2 unspecified atom stereocenters. The highest BCUT2D eigenvalue weighted by molar-refractivity contribution is 5.48. The predicted octanol–water partition coefficient (Wildman–Crippen LogP) is 3.04. The van der Waals surface area contributed by atoms with E-state index in [2.05, 4.69) is 13.5 Å². The van der Waals surface area contributed by atoms with Gasteiger partial charge in [0.1, 0.15) is 0 Å². The third-order valence-electron chi connectivity index (χ3n) is 6.65. The zero-order valence-electron chi connectivity index (χ0n) is 11.5. The van der Waals surface area contributed by atoms with E-state index >= 15 is 0 Å². The van der Waals surface area contributed by atoms with Crippen molar-refractivity contribution in [3.8, 4) is 0 Å². The van der Waals surface area contributed by atoms with E-state index < -0.39 is 0 Å². The lowest BCUT2D eigenvalue weighted by Gasteiger charge is -2.69. The van der Waals surface area contributed by atoms with Crippen molar-refractivity contribution in [3.05, 3.63) is 12.2 Å². The number of aliphatic hydroxyl groups is 2. The number of aliphatic hydroxyl groups excluding tert-OH is 2. The van der Waals surface area contributed by atoms with Gasteiger partial charge in [0.25, 0.3) is 0 Å². The Hall–Kier alpha value is -0.340. The van der Waals surface area contributed by atoms with Crippen LogP contribution in [0.2, 0.25) is 0 Å². The molecule has 0 aromatic rings. The molecule has 0 saturated heterocycles. The van der Waals surface area contributed by atoms with Crippen molar-refractivity contribution in [2.75, 3.05) is 6.61 Å². The van der Waals surface area contributed by atoms with Gasteiger partial charge in [-0.3, -0.25) is 0 Å². The summed E-state index contributed by atoms with van der Waals surface area (Å²) >= 11 is 0. The minimum Gasteiger partial charge on any atom is -0.396 e. The Kier molecular flexibility index (Phi) is 2.70. The van der Waals surface area contributed by atoms with Gasteiger partial charge in [0, 0.05) is 16.2 Å². The van der Waals surface area contributed by atoms with Crippen molar-refractivity contribution in [1.82, 2.24) is 0 Å². The first-order valence-corrected chi connectivity index (χ1v) is 7.60. The first kappa shape index (κ1) is 12.7. The van der Waals surface area contributed by atoms with Gasteiger partial charge < -0.3 is 10.2 Å². The van der Waals surface area contributed by atoms with Crippen LogP contribution in [-0.2, 0) is 0 Å². The van der Waals surface area contributed by atoms with E-state index in [9.17, 15) is 10.2 Å². The van der Waals surface area contributed by atoms with Crippen LogP contribution in [0.3, 0.4) is 0 Å². The summed E-state index contributed by atoms with van der Waals surface area (Å²) < 4.78 is 0. The molecule has 102 valence electrons. The Bertz CT molecular complexity index is 377. The van der Waals surface area contributed by atoms with Crippen molar-refractivity contribution in [1.29, 1.82) is 0 Å². The SMILES string of the molecule is C=C1C2(CCCC)C[C@H](O)C13CCCC[C@@]23CO. The van der Waals surface area contributed by atoms with E-state index in [1.54, 1.807) is 0 Å². The lowest BCUT2D eigenvalue weighted by molar-refractivity contribution is -0.169. The van der Waals surface area contributed by atoms with E-state index in [-0.39, 0.29) is 29.0 Å². The zero-order valence-corrected chi connectivity index (χ0v) is 11.5. The molecule has 4 aliphatic rings. The third kappa shape index (κ3) is 1.01. The molecule has 4 atom stereocenters. The van der Waals surface area contributed by atoms with Gasteiger partial charge in [-0.25, -0.2) is 0 Å². The van der Waals surface area contributed by atoms with Gasteiger partial charge in [-0.15, -0.1) is 0 Å². The van der Waals surface area contributed by atoms with Crippen LogP contribution in [0.4, 0.5) is 0 Å². The highest BCUT2D eigenvalue weighted by Gasteiger charge is 2.82. The van der Waals surface area contributed by atoms with Gasteiger partial charge >= 0.3 is 0 Å². The summed E-state index contributed by atoms with van der Waals surface area (Å²) in [6.07, 6.45) is 8.59. The number of rotatable bonds is 4. The molecule has 4 fully saturated rings. The monoisotopic (exact) mass is 250 g/mol. The van der Waals surface area contributed by atoms with Crippen molar-refractivity contribution < 1.29 is 10.2 Å². The van der Waals surface area contributed by atoms with Crippen LogP contribution >= 0.6 is 0 Å². The molecule has 0 amide bonds. The fraction of sp³-hybridized carbons (Fsp3) is 0.875. The molecule has 2 heteroatoms. The van der Waals surface area contributed by atoms with Crippen molar-refractivity contribution in [3.63, 3.8) is 0 Å². The second-order valence-corrected chi connectivity index (χ2v) is 6.80. The number of fused-ring (bicyclic) bond motifs is 1. The molecular weight excluding hydrogens is 224 g/mol. The smallest absolute Gasteiger partial charge is 0.0648 e. The molecule has 2 nitrogen and oxygen atoms in total. The maximum absolute atomic E-state index is 10.6. The third-order valence-corrected chi connectivity index (χ3v) is 6.65. The first-order valence-electron chi connectivity index (χ1n) is 7.60. The first-order chi connectivity index (χ1) is 8.61. The maximum Gasteiger partial charge on any atom is 0.0648 e. The predicted molar refractivity (Wildman–Crippen MR) is 72.1 cm³/mol. The van der Waals surface area contributed by atoms with Crippen LogP contribution in [0.25, 0.3) is 0 Å². The minimum atomic E-state index is -0.255. The number of hydrogen-bond donors (Lipinski definition) is 2. The quantitative estimate of drug-likeness (QED) is 0.753. The van der Waals surface area contributed by atoms with E-state index in [1.165, 1.54) is 31.3 Å². The van der Waals surface area contributed by atoms with Gasteiger partial charge in [0.2, 0.25) is 0 Å². The van der Waals surface area contributed by atoms with Gasteiger partial charge in [-0.05, 0) is 25.7 Å². The normalized spacial score (nSPS) is 49.9. The molecule has 0 radical (unpaired) electrons. The van der Waals surface area contributed by atoms with Crippen LogP contribution in [0.15, 0.2) is 12.2 Å². The molecule has 4 aliphatic carbocycles. The summed E-state index contributed by atoms with van der Waals surface area (Å²) in [4.78, 5) is 0. The molecule has 4 saturated carbocycles. The van der Waals surface area contributed by atoms with E-state index in [0.717, 1.165) is 25.7 Å². The fourth-order valence-corrected chi connectivity index (χ4v) is 5.90. The Labute approximate surface area is 110 Å². The molecule has 1 spiro atoms. The van der Waals surface area contributed by atoms with E-state index in [4.69, 9.17) is 0 Å². The summed E-state index contributed by atoms with van der Waals surface area (Å²) in [6, 6.07) is 0. The van der Waals surface area contributed by atoms with Crippen LogP contribution in [0.5, 0.6) is 0 Å². The molecule has 4 rings (SSSR count). The maximum atomic E-state index is 10.6. The van der Waals surface area contributed by atoms with Crippen molar-refractivity contribution in [2.45, 2.75) is 64.4 Å². The van der Waals surface area contributed by atoms with Gasteiger partial charge in [-0.1, -0.05) is 44.8 Å². The Balaban J connectivity index is 2.03. The van der Waals surface area contributed by atoms with E-state index in [0.29, 0.717) is 0 Å². The molecule has 0 aromatic carbocycles. The summed E-state index contributed by atoms with van der Waals surface area (Å²) in [5.74, 6) is 0. The molecule has 0 aromatic heterocycles. The highest BCUT2D eigenvalue weighted by Crippen LogP contribution is 2.85. The number of hydrogen-bond acceptors (Lipinski definition) is 2. The van der Waals surface area contributed by atoms with Crippen LogP contribution in [0.1, 0.15) is 58.3 Å². The van der Waals surface area contributed by atoms with Gasteiger partial charge in [0.05, 0.1) is 12.7 Å². The summed E-state index contributed by atoms with van der Waals surface area (Å²) in [7, 11) is 0. The largest absolute Gasteiger partial charge is 0.396 e. The highest BCUT2D eigenvalue weighted by atomic mass is 16.3. The summed E-state index contributed by atoms with van der Waals surface area (Å²) in [5, 5.41) is 20.7. The zero-order chi connectivity index (χ0) is 13.0. The molecule has 2 bridgehead atoms. The van der Waals surface area contributed by atoms with E-state index in [1.807, 2.05) is 0 Å². The molecule has 0 heterocycles. The van der Waals surface area contributed by atoms with Crippen LogP contribution in [-0.4, -0.2) is 22.9 Å². The number of unbranched alkanes of at least 4 members (excludes halogenated alkanes) is 1. The average molecular weight is 250 g/mol. The Morgan fingerprint density at radius 2 is 2.06 bits per heavy atom. The van der Waals surface area contributed by atoms with Crippen LogP contribution in [0, 0.1) is 16.2 Å². The Morgan fingerprint density at radius 1 is 1.33 bits per heavy atom. The standard InChI is InChI=1S/C16H26O2/c1-3-4-7-14-10-13(18)16(12(14)2)9-6-5-8-15(14,16)11-17/h13,17-18H,2-11H2,1H3/t13-,14?,15+,16?/m0/s1. The molecule has 0 aliphatic heterocycles. The second-order valence-electron chi connectivity index (χ2n) is 6.80. The summed E-state index contributed by atoms with van der Waals surface area (Å²) in [5.41, 5.74) is 1.17. The van der Waals surface area contributed by atoms with Gasteiger partial charge in [-0.2, -0.15) is 0 Å². The topological polar surface area (TPSA) is 40.5 Å². The molecule has 18 heavy (non-hydrogen) atoms.